The number of piperidine rings is 1. The van der Waals surface area contributed by atoms with Gasteiger partial charge in [-0.25, -0.2) is 4.99 Å². The third-order valence-electron chi connectivity index (χ3n) is 3.87. The van der Waals surface area contributed by atoms with Gasteiger partial charge in [0.1, 0.15) is 17.3 Å². The van der Waals surface area contributed by atoms with Crippen molar-refractivity contribution in [3.05, 3.63) is 18.2 Å². The number of amidine groups is 1. The summed E-state index contributed by atoms with van der Waals surface area (Å²) < 4.78 is 5.96. The molecule has 4 heteroatoms. The number of hydrogen-bond donors (Lipinski definition) is 1. The zero-order chi connectivity index (χ0) is 13.4. The van der Waals surface area contributed by atoms with Gasteiger partial charge in [-0.05, 0) is 43.9 Å². The lowest BCUT2D eigenvalue weighted by Crippen LogP contribution is -2.46. The summed E-state index contributed by atoms with van der Waals surface area (Å²) in [7, 11) is 0. The second-order valence-electron chi connectivity index (χ2n) is 5.65. The smallest absolute Gasteiger partial charge is 0.153 e. The predicted molar refractivity (Wildman–Crippen MR) is 78.0 cm³/mol. The minimum atomic E-state index is 0.0152. The van der Waals surface area contributed by atoms with Crippen LogP contribution < -0.4 is 10.5 Å². The van der Waals surface area contributed by atoms with E-state index < -0.39 is 0 Å². The van der Waals surface area contributed by atoms with E-state index in [2.05, 4.69) is 18.7 Å². The second-order valence-corrected chi connectivity index (χ2v) is 5.65. The quantitative estimate of drug-likeness (QED) is 0.729. The van der Waals surface area contributed by atoms with Gasteiger partial charge in [-0.3, -0.25) is 0 Å². The van der Waals surface area contributed by atoms with Gasteiger partial charge in [0.2, 0.25) is 0 Å². The lowest BCUT2D eigenvalue weighted by Gasteiger charge is -2.37. The highest BCUT2D eigenvalue weighted by molar-refractivity contribution is 5.91. The first kappa shape index (κ1) is 12.3. The first-order valence-corrected chi connectivity index (χ1v) is 7.03. The van der Waals surface area contributed by atoms with Crippen molar-refractivity contribution in [2.75, 3.05) is 18.8 Å². The van der Waals surface area contributed by atoms with Gasteiger partial charge in [0.25, 0.3) is 0 Å². The molecular weight excluding hydrogens is 238 g/mol. The van der Waals surface area contributed by atoms with Gasteiger partial charge in [0.05, 0.1) is 0 Å². The normalized spacial score (nSPS) is 26.4. The fourth-order valence-electron chi connectivity index (χ4n) is 2.90. The van der Waals surface area contributed by atoms with E-state index in [1.165, 1.54) is 12.8 Å². The van der Waals surface area contributed by atoms with Crippen LogP contribution in [0, 0.1) is 5.92 Å². The Kier molecular flexibility index (Phi) is 3.09. The molecule has 0 saturated carbocycles. The van der Waals surface area contributed by atoms with Crippen LogP contribution >= 0.6 is 0 Å². The molecule has 2 N–H and O–H groups in total. The first-order valence-electron chi connectivity index (χ1n) is 7.03. The molecule has 1 fully saturated rings. The number of likely N-dealkylation sites (tertiary alicyclic amines) is 1. The van der Waals surface area contributed by atoms with Crippen LogP contribution in [-0.2, 0) is 0 Å². The number of nitrogens with two attached hydrogens (primary N) is 1. The fourth-order valence-corrected chi connectivity index (χ4v) is 2.90. The van der Waals surface area contributed by atoms with E-state index >= 15 is 0 Å². The Bertz CT molecular complexity index is 512. The molecule has 2 aliphatic rings. The minimum absolute atomic E-state index is 0.0152. The molecule has 0 spiro atoms. The molecule has 0 aromatic heterocycles. The van der Waals surface area contributed by atoms with E-state index in [9.17, 15) is 0 Å². The van der Waals surface area contributed by atoms with Crippen LogP contribution in [0.2, 0.25) is 0 Å². The number of ether oxygens (including phenoxy) is 1. The van der Waals surface area contributed by atoms with E-state index in [1.54, 1.807) is 0 Å². The van der Waals surface area contributed by atoms with Crippen molar-refractivity contribution in [1.29, 1.82) is 0 Å². The number of hydrogen-bond acceptors (Lipinski definition) is 4. The standard InChI is InChI=1S/C15H21N3O/c1-10-4-3-7-18(9-10)15-11(2)19-14-6-5-12(16)8-13(14)17-15/h5-6,8,10-11H,3-4,7,9,16H2,1-2H3. The molecule has 3 rings (SSSR count). The van der Waals surface area contributed by atoms with Gasteiger partial charge in [0, 0.05) is 18.8 Å². The molecule has 0 bridgehead atoms. The summed E-state index contributed by atoms with van der Waals surface area (Å²) in [6.45, 7) is 6.52. The van der Waals surface area contributed by atoms with Gasteiger partial charge in [-0.15, -0.1) is 0 Å². The number of nitrogen functional groups attached to an aromatic ring is 1. The van der Waals surface area contributed by atoms with Crippen molar-refractivity contribution >= 4 is 17.2 Å². The van der Waals surface area contributed by atoms with E-state index in [0.717, 1.165) is 42.0 Å². The zero-order valence-electron chi connectivity index (χ0n) is 11.6. The second kappa shape index (κ2) is 4.76. The van der Waals surface area contributed by atoms with Gasteiger partial charge in [-0.1, -0.05) is 6.92 Å². The van der Waals surface area contributed by atoms with Crippen LogP contribution in [0.4, 0.5) is 11.4 Å². The predicted octanol–water partition coefficient (Wildman–Crippen LogP) is 2.81. The average molecular weight is 259 g/mol. The summed E-state index contributed by atoms with van der Waals surface area (Å²) in [6, 6.07) is 5.64. The average Bonchev–Trinajstić information content (AvgIpc) is 2.38. The molecule has 2 unspecified atom stereocenters. The van der Waals surface area contributed by atoms with Crippen molar-refractivity contribution in [2.45, 2.75) is 32.8 Å². The largest absolute Gasteiger partial charge is 0.481 e. The Hall–Kier alpha value is -1.71. The number of anilines is 1. The summed E-state index contributed by atoms with van der Waals surface area (Å²) in [5.74, 6) is 2.60. The summed E-state index contributed by atoms with van der Waals surface area (Å²) in [5, 5.41) is 0. The van der Waals surface area contributed by atoms with Crippen LogP contribution in [0.5, 0.6) is 5.75 Å². The van der Waals surface area contributed by atoms with Crippen molar-refractivity contribution in [3.8, 4) is 5.75 Å². The van der Waals surface area contributed by atoms with E-state index in [0.29, 0.717) is 0 Å². The van der Waals surface area contributed by atoms with Crippen LogP contribution in [-0.4, -0.2) is 29.9 Å². The summed E-state index contributed by atoms with van der Waals surface area (Å²) in [6.07, 6.45) is 2.56. The van der Waals surface area contributed by atoms with Crippen molar-refractivity contribution in [2.24, 2.45) is 10.9 Å². The molecule has 0 radical (unpaired) electrons. The van der Waals surface area contributed by atoms with Gasteiger partial charge >= 0.3 is 0 Å². The zero-order valence-corrected chi connectivity index (χ0v) is 11.6. The third-order valence-corrected chi connectivity index (χ3v) is 3.87. The molecule has 2 aliphatic heterocycles. The minimum Gasteiger partial charge on any atom is -0.481 e. The van der Waals surface area contributed by atoms with Crippen molar-refractivity contribution in [1.82, 2.24) is 4.90 Å². The maximum absolute atomic E-state index is 5.96. The molecule has 2 atom stereocenters. The van der Waals surface area contributed by atoms with E-state index in [1.807, 2.05) is 18.2 Å². The first-order chi connectivity index (χ1) is 9.13. The Labute approximate surface area is 114 Å². The summed E-state index contributed by atoms with van der Waals surface area (Å²) in [5.41, 5.74) is 7.41. The molecular formula is C15H21N3O. The Morgan fingerprint density at radius 1 is 1.37 bits per heavy atom. The fraction of sp³-hybridized carbons (Fsp3) is 0.533. The van der Waals surface area contributed by atoms with Crippen molar-refractivity contribution in [3.63, 3.8) is 0 Å². The molecule has 19 heavy (non-hydrogen) atoms. The number of fused-ring (bicyclic) bond motifs is 1. The molecule has 0 aliphatic carbocycles. The maximum atomic E-state index is 5.96. The molecule has 0 amide bonds. The maximum Gasteiger partial charge on any atom is 0.153 e. The highest BCUT2D eigenvalue weighted by Crippen LogP contribution is 2.35. The highest BCUT2D eigenvalue weighted by Gasteiger charge is 2.28. The summed E-state index contributed by atoms with van der Waals surface area (Å²) in [4.78, 5) is 7.15. The van der Waals surface area contributed by atoms with E-state index in [4.69, 9.17) is 15.5 Å². The number of rotatable bonds is 0. The molecule has 4 nitrogen and oxygen atoms in total. The van der Waals surface area contributed by atoms with Crippen molar-refractivity contribution < 1.29 is 4.74 Å². The molecule has 2 heterocycles. The third kappa shape index (κ3) is 2.39. The highest BCUT2D eigenvalue weighted by atomic mass is 16.5. The van der Waals surface area contributed by atoms with Gasteiger partial charge in [0.15, 0.2) is 6.10 Å². The number of nitrogens with zero attached hydrogens (tertiary/aromatic N) is 2. The number of aliphatic imine (C=N–C) groups is 1. The van der Waals surface area contributed by atoms with Crippen LogP contribution in [0.3, 0.4) is 0 Å². The Morgan fingerprint density at radius 2 is 2.21 bits per heavy atom. The lowest BCUT2D eigenvalue weighted by molar-refractivity contribution is 0.220. The SMILES string of the molecule is CC1CCCN(C2=Nc3cc(N)ccc3OC2C)C1. The topological polar surface area (TPSA) is 50.8 Å². The van der Waals surface area contributed by atoms with Crippen LogP contribution in [0.25, 0.3) is 0 Å². The van der Waals surface area contributed by atoms with Gasteiger partial charge < -0.3 is 15.4 Å². The molecule has 102 valence electrons. The Morgan fingerprint density at radius 3 is 3.00 bits per heavy atom. The van der Waals surface area contributed by atoms with Crippen LogP contribution in [0.15, 0.2) is 23.2 Å². The monoisotopic (exact) mass is 259 g/mol. The van der Waals surface area contributed by atoms with Gasteiger partial charge in [-0.2, -0.15) is 0 Å². The number of benzene rings is 1. The Balaban J connectivity index is 1.92. The molecule has 1 aromatic carbocycles. The molecule has 1 aromatic rings. The van der Waals surface area contributed by atoms with E-state index in [-0.39, 0.29) is 6.10 Å². The molecule has 1 saturated heterocycles. The lowest BCUT2D eigenvalue weighted by atomic mass is 9.99. The summed E-state index contributed by atoms with van der Waals surface area (Å²) >= 11 is 0. The van der Waals surface area contributed by atoms with Crippen LogP contribution in [0.1, 0.15) is 26.7 Å².